The number of aromatic nitrogens is 1. The van der Waals surface area contributed by atoms with Crippen molar-refractivity contribution >= 4 is 34.3 Å². The van der Waals surface area contributed by atoms with Crippen LogP contribution < -0.4 is 15.2 Å². The van der Waals surface area contributed by atoms with Crippen molar-refractivity contribution in [3.63, 3.8) is 0 Å². The first-order chi connectivity index (χ1) is 9.47. The summed E-state index contributed by atoms with van der Waals surface area (Å²) in [5, 5.41) is 11.4. The van der Waals surface area contributed by atoms with Gasteiger partial charge in [-0.3, -0.25) is 15.1 Å². The Morgan fingerprint density at radius 2 is 2.20 bits per heavy atom. The summed E-state index contributed by atoms with van der Waals surface area (Å²) in [7, 11) is 1.23. The molecule has 0 aliphatic heterocycles. The van der Waals surface area contributed by atoms with E-state index < -0.39 is 22.5 Å². The molecule has 1 amide bonds. The third kappa shape index (κ3) is 2.16. The number of hydrogen-bond acceptors (Lipinski definition) is 6. The molecule has 0 saturated carbocycles. The van der Waals surface area contributed by atoms with Crippen LogP contribution in [0.4, 0.5) is 10.5 Å². The summed E-state index contributed by atoms with van der Waals surface area (Å²) in [5.74, 6) is -0.632. The number of methoxy groups -OCH3 is 1. The zero-order chi connectivity index (χ0) is 14.9. The van der Waals surface area contributed by atoms with Crippen molar-refractivity contribution in [2.75, 3.05) is 7.11 Å². The molecule has 0 aliphatic carbocycles. The smallest absolute Gasteiger partial charge is 0.410 e. The summed E-state index contributed by atoms with van der Waals surface area (Å²) in [6.45, 7) is 0. The van der Waals surface area contributed by atoms with Crippen molar-refractivity contribution < 1.29 is 19.2 Å². The first-order valence-corrected chi connectivity index (χ1v) is 5.61. The van der Waals surface area contributed by atoms with E-state index in [1.54, 1.807) is 12.1 Å². The fourth-order valence-corrected chi connectivity index (χ4v) is 2.04. The number of pyridine rings is 1. The van der Waals surface area contributed by atoms with Crippen LogP contribution in [-0.2, 0) is 0 Å². The van der Waals surface area contributed by atoms with Gasteiger partial charge in [-0.25, -0.2) is 4.79 Å². The van der Waals surface area contributed by atoms with Crippen molar-refractivity contribution in [3.8, 4) is 11.5 Å². The van der Waals surface area contributed by atoms with E-state index in [4.69, 9.17) is 22.1 Å². The Bertz CT molecular complexity index is 719. The normalized spacial score (nSPS) is 10.3. The van der Waals surface area contributed by atoms with Crippen LogP contribution in [0.25, 0.3) is 10.9 Å². The number of amides is 1. The van der Waals surface area contributed by atoms with E-state index in [9.17, 15) is 14.9 Å². The predicted octanol–water partition coefficient (Wildman–Crippen LogP) is 2.26. The number of benzene rings is 1. The van der Waals surface area contributed by atoms with Gasteiger partial charge in [0.05, 0.1) is 12.0 Å². The lowest BCUT2D eigenvalue weighted by Gasteiger charge is -2.11. The minimum Gasteiger partial charge on any atom is -0.489 e. The maximum atomic E-state index is 11.2. The van der Waals surface area contributed by atoms with E-state index in [1.165, 1.54) is 13.3 Å². The Morgan fingerprint density at radius 1 is 1.50 bits per heavy atom. The second-order valence-corrected chi connectivity index (χ2v) is 3.98. The van der Waals surface area contributed by atoms with Gasteiger partial charge >= 0.3 is 11.8 Å². The molecule has 2 N–H and O–H groups in total. The molecule has 1 aromatic heterocycles. The number of carbonyl (C=O) groups is 1. The fourth-order valence-electron chi connectivity index (χ4n) is 1.76. The Hall–Kier alpha value is -2.61. The maximum absolute atomic E-state index is 11.2. The Kier molecular flexibility index (Phi) is 3.57. The zero-order valence-corrected chi connectivity index (χ0v) is 10.9. The predicted molar refractivity (Wildman–Crippen MR) is 70.2 cm³/mol. The molecule has 104 valence electrons. The highest BCUT2D eigenvalue weighted by atomic mass is 35.5. The highest BCUT2D eigenvalue weighted by Gasteiger charge is 2.31. The average Bonchev–Trinajstić information content (AvgIpc) is 2.40. The number of fused-ring (bicyclic) bond motifs is 1. The van der Waals surface area contributed by atoms with E-state index in [-0.39, 0.29) is 16.3 Å². The number of carbonyl (C=O) groups excluding carboxylic acids is 1. The summed E-state index contributed by atoms with van der Waals surface area (Å²) in [6.07, 6.45) is 0.208. The van der Waals surface area contributed by atoms with E-state index >= 15 is 0 Å². The highest BCUT2D eigenvalue weighted by molar-refractivity contribution is 6.38. The van der Waals surface area contributed by atoms with E-state index in [0.717, 1.165) is 0 Å². The molecule has 0 spiro atoms. The van der Waals surface area contributed by atoms with Crippen LogP contribution in [0.5, 0.6) is 11.5 Å². The topological polar surface area (TPSA) is 118 Å². The Morgan fingerprint density at radius 3 is 2.75 bits per heavy atom. The molecule has 1 heterocycles. The van der Waals surface area contributed by atoms with Gasteiger partial charge in [-0.2, -0.15) is 0 Å². The standard InChI is InChI=1S/C11H8ClN3O5/c1-19-10-7-5(3-2-4-14-7)6(12)9(20-11(13)16)8(10)15(17)18/h2-4H,1H3,(H2,13,16). The van der Waals surface area contributed by atoms with Crippen molar-refractivity contribution in [3.05, 3.63) is 33.5 Å². The van der Waals surface area contributed by atoms with Gasteiger partial charge in [0.25, 0.3) is 0 Å². The van der Waals surface area contributed by atoms with Gasteiger partial charge in [-0.05, 0) is 12.1 Å². The Labute approximate surface area is 117 Å². The average molecular weight is 298 g/mol. The van der Waals surface area contributed by atoms with Gasteiger partial charge < -0.3 is 15.2 Å². The van der Waals surface area contributed by atoms with Crippen LogP contribution >= 0.6 is 11.6 Å². The van der Waals surface area contributed by atoms with Crippen molar-refractivity contribution in [2.24, 2.45) is 5.73 Å². The monoisotopic (exact) mass is 297 g/mol. The largest absolute Gasteiger partial charge is 0.489 e. The molecule has 0 bridgehead atoms. The molecule has 0 atom stereocenters. The number of rotatable bonds is 3. The quantitative estimate of drug-likeness (QED) is 0.685. The lowest BCUT2D eigenvalue weighted by atomic mass is 10.1. The van der Waals surface area contributed by atoms with Gasteiger partial charge in [-0.15, -0.1) is 0 Å². The summed E-state index contributed by atoms with van der Waals surface area (Å²) >= 11 is 6.03. The minimum absolute atomic E-state index is 0.139. The third-order valence-corrected chi connectivity index (χ3v) is 2.85. The van der Waals surface area contributed by atoms with Crippen LogP contribution in [0.2, 0.25) is 5.02 Å². The highest BCUT2D eigenvalue weighted by Crippen LogP contribution is 2.47. The molecule has 1 aromatic carbocycles. The zero-order valence-electron chi connectivity index (χ0n) is 10.1. The number of hydrogen-bond donors (Lipinski definition) is 1. The van der Waals surface area contributed by atoms with Crippen molar-refractivity contribution in [1.82, 2.24) is 4.98 Å². The van der Waals surface area contributed by atoms with Gasteiger partial charge in [0, 0.05) is 11.6 Å². The lowest BCUT2D eigenvalue weighted by molar-refractivity contribution is -0.386. The molecule has 2 rings (SSSR count). The number of ether oxygens (including phenoxy) is 2. The van der Waals surface area contributed by atoms with Crippen LogP contribution in [0.15, 0.2) is 18.3 Å². The fraction of sp³-hybridized carbons (Fsp3) is 0.0909. The second-order valence-electron chi connectivity index (χ2n) is 3.60. The van der Waals surface area contributed by atoms with Crippen LogP contribution in [-0.4, -0.2) is 23.1 Å². The van der Waals surface area contributed by atoms with Crippen molar-refractivity contribution in [1.29, 1.82) is 0 Å². The molecular formula is C11H8ClN3O5. The number of halogens is 1. The van der Waals surface area contributed by atoms with Crippen LogP contribution in [0.3, 0.4) is 0 Å². The number of nitrogens with two attached hydrogens (primary N) is 1. The third-order valence-electron chi connectivity index (χ3n) is 2.48. The summed E-state index contributed by atoms with van der Waals surface area (Å²) in [5.41, 5.74) is 4.47. The molecular weight excluding hydrogens is 290 g/mol. The van der Waals surface area contributed by atoms with Crippen LogP contribution in [0, 0.1) is 10.1 Å². The molecule has 0 aliphatic rings. The molecule has 20 heavy (non-hydrogen) atoms. The molecule has 8 nitrogen and oxygen atoms in total. The SMILES string of the molecule is COc1c([N+](=O)[O-])c(OC(N)=O)c(Cl)c2cccnc12. The molecule has 0 fully saturated rings. The summed E-state index contributed by atoms with van der Waals surface area (Å²) in [6, 6.07) is 3.14. The van der Waals surface area contributed by atoms with Crippen LogP contribution in [0.1, 0.15) is 0 Å². The number of nitrogens with zero attached hydrogens (tertiary/aromatic N) is 2. The minimum atomic E-state index is -1.22. The molecule has 0 saturated heterocycles. The molecule has 2 aromatic rings. The first-order valence-electron chi connectivity index (χ1n) is 5.23. The second kappa shape index (κ2) is 5.17. The Balaban J connectivity index is 2.94. The molecule has 0 unspecified atom stereocenters. The molecule has 0 radical (unpaired) electrons. The maximum Gasteiger partial charge on any atom is 0.410 e. The lowest BCUT2D eigenvalue weighted by Crippen LogP contribution is -2.17. The summed E-state index contributed by atoms with van der Waals surface area (Å²) in [4.78, 5) is 25.3. The number of primary amides is 1. The number of nitro groups is 1. The van der Waals surface area contributed by atoms with Crippen molar-refractivity contribution in [2.45, 2.75) is 0 Å². The van der Waals surface area contributed by atoms with Gasteiger partial charge in [0.15, 0.2) is 0 Å². The van der Waals surface area contributed by atoms with Gasteiger partial charge in [0.1, 0.15) is 10.5 Å². The first kappa shape index (κ1) is 13.8. The summed E-state index contributed by atoms with van der Waals surface area (Å²) < 4.78 is 9.65. The number of nitro benzene ring substituents is 1. The van der Waals surface area contributed by atoms with Gasteiger partial charge in [0.2, 0.25) is 11.5 Å². The van der Waals surface area contributed by atoms with E-state index in [2.05, 4.69) is 9.72 Å². The van der Waals surface area contributed by atoms with E-state index in [0.29, 0.717) is 5.39 Å². The van der Waals surface area contributed by atoms with E-state index in [1.807, 2.05) is 0 Å². The molecule has 9 heteroatoms. The van der Waals surface area contributed by atoms with Gasteiger partial charge in [-0.1, -0.05) is 11.6 Å².